The molecule has 0 aromatic heterocycles. The molecule has 1 saturated carbocycles. The highest BCUT2D eigenvalue weighted by molar-refractivity contribution is 5.13. The third-order valence-electron chi connectivity index (χ3n) is 6.37. The van der Waals surface area contributed by atoms with Crippen molar-refractivity contribution in [2.75, 3.05) is 26.2 Å². The van der Waals surface area contributed by atoms with Crippen LogP contribution in [0.3, 0.4) is 0 Å². The van der Waals surface area contributed by atoms with Gasteiger partial charge >= 0.3 is 0 Å². The van der Waals surface area contributed by atoms with Crippen molar-refractivity contribution in [3.05, 3.63) is 35.9 Å². The maximum absolute atomic E-state index is 5.91. The van der Waals surface area contributed by atoms with Gasteiger partial charge in [0.2, 0.25) is 0 Å². The first kappa shape index (κ1) is 18.9. The largest absolute Gasteiger partial charge is 0.377 e. The second-order valence-electron chi connectivity index (χ2n) is 8.75. The maximum Gasteiger partial charge on any atom is 0.0716 e. The fraction of sp³-hybridized carbons (Fsp3) is 0.727. The minimum absolute atomic E-state index is 0.370. The molecule has 25 heavy (non-hydrogen) atoms. The number of benzene rings is 1. The highest BCUT2D eigenvalue weighted by atomic mass is 16.5. The molecular formula is C22H35NO2. The Morgan fingerprint density at radius 3 is 2.40 bits per heavy atom. The number of hydrogen-bond donors (Lipinski definition) is 0. The molecule has 3 nitrogen and oxygen atoms in total. The van der Waals surface area contributed by atoms with Crippen LogP contribution in [0.1, 0.15) is 46.1 Å². The van der Waals surface area contributed by atoms with Crippen LogP contribution in [0, 0.1) is 17.3 Å². The predicted octanol–water partition coefficient (Wildman–Crippen LogP) is 4.36. The van der Waals surface area contributed by atoms with E-state index in [0.29, 0.717) is 17.6 Å². The summed E-state index contributed by atoms with van der Waals surface area (Å²) in [6.07, 6.45) is 3.27. The summed E-state index contributed by atoms with van der Waals surface area (Å²) in [5.41, 5.74) is 1.70. The van der Waals surface area contributed by atoms with Crippen molar-refractivity contribution in [2.24, 2.45) is 17.3 Å². The predicted molar refractivity (Wildman–Crippen MR) is 103 cm³/mol. The molecule has 0 spiro atoms. The molecule has 140 valence electrons. The van der Waals surface area contributed by atoms with Crippen LogP contribution in [-0.2, 0) is 16.1 Å². The summed E-state index contributed by atoms with van der Waals surface area (Å²) in [5.74, 6) is 1.60. The fourth-order valence-electron chi connectivity index (χ4n) is 4.66. The van der Waals surface area contributed by atoms with E-state index in [4.69, 9.17) is 9.47 Å². The lowest BCUT2D eigenvalue weighted by atomic mass is 9.53. The quantitative estimate of drug-likeness (QED) is 0.685. The van der Waals surface area contributed by atoms with Crippen molar-refractivity contribution in [3.63, 3.8) is 0 Å². The molecule has 1 aliphatic heterocycles. The first-order valence-electron chi connectivity index (χ1n) is 9.94. The van der Waals surface area contributed by atoms with E-state index in [1.165, 1.54) is 24.9 Å². The third kappa shape index (κ3) is 4.84. The first-order chi connectivity index (χ1) is 11.9. The molecule has 1 saturated heterocycles. The zero-order valence-electron chi connectivity index (χ0n) is 16.4. The van der Waals surface area contributed by atoms with Crippen LogP contribution in [0.2, 0.25) is 0 Å². The number of rotatable bonds is 7. The van der Waals surface area contributed by atoms with E-state index in [1.54, 1.807) is 0 Å². The molecule has 0 bridgehead atoms. The second kappa shape index (κ2) is 8.20. The minimum atomic E-state index is 0.370. The second-order valence-corrected chi connectivity index (χ2v) is 8.75. The summed E-state index contributed by atoms with van der Waals surface area (Å²) in [7, 11) is 0. The number of hydrogen-bond acceptors (Lipinski definition) is 3. The molecule has 4 atom stereocenters. The van der Waals surface area contributed by atoms with Crippen molar-refractivity contribution in [1.29, 1.82) is 0 Å². The lowest BCUT2D eigenvalue weighted by Gasteiger charge is -2.54. The topological polar surface area (TPSA) is 21.7 Å². The van der Waals surface area contributed by atoms with Gasteiger partial charge in [0.15, 0.2) is 0 Å². The molecule has 2 aliphatic rings. The molecule has 0 radical (unpaired) electrons. The summed E-state index contributed by atoms with van der Waals surface area (Å²) >= 11 is 0. The molecule has 1 heterocycles. The van der Waals surface area contributed by atoms with Gasteiger partial charge in [-0.2, -0.15) is 0 Å². The summed E-state index contributed by atoms with van der Waals surface area (Å²) in [5, 5.41) is 0. The summed E-state index contributed by atoms with van der Waals surface area (Å²) in [6.45, 7) is 14.3. The fourth-order valence-corrected chi connectivity index (χ4v) is 4.66. The van der Waals surface area contributed by atoms with Crippen LogP contribution in [-0.4, -0.2) is 43.3 Å². The summed E-state index contributed by atoms with van der Waals surface area (Å²) in [4.78, 5) is 2.62. The molecule has 3 heteroatoms. The van der Waals surface area contributed by atoms with Gasteiger partial charge in [0.25, 0.3) is 0 Å². The van der Waals surface area contributed by atoms with E-state index in [9.17, 15) is 0 Å². The van der Waals surface area contributed by atoms with E-state index in [0.717, 1.165) is 38.1 Å². The minimum Gasteiger partial charge on any atom is -0.377 e. The standard InChI is InChI=1S/C22H35NO2/c1-17-13-23(14-18(2)25-17)15-21-12-20(22(21,3)4)10-11-24-16-19-8-6-5-7-9-19/h5-9,17-18,20-21H,10-16H2,1-4H3/t17-,18?,20+,21+/m1/s1. The van der Waals surface area contributed by atoms with Gasteiger partial charge in [0, 0.05) is 26.2 Å². The van der Waals surface area contributed by atoms with Gasteiger partial charge in [-0.05, 0) is 49.5 Å². The Hall–Kier alpha value is -0.900. The average Bonchev–Trinajstić information content (AvgIpc) is 2.56. The normalized spacial score (nSPS) is 32.3. The van der Waals surface area contributed by atoms with Crippen LogP contribution >= 0.6 is 0 Å². The molecule has 0 N–H and O–H groups in total. The Morgan fingerprint density at radius 2 is 1.76 bits per heavy atom. The van der Waals surface area contributed by atoms with E-state index in [2.05, 4.69) is 62.9 Å². The molecule has 1 aromatic carbocycles. The zero-order chi connectivity index (χ0) is 17.9. The SMILES string of the molecule is CC1CN(C[C@@H]2C[C@H](CCOCc3ccccc3)C2(C)C)C[C@@H](C)O1. The van der Waals surface area contributed by atoms with Gasteiger partial charge in [-0.1, -0.05) is 44.2 Å². The number of morpholine rings is 1. The van der Waals surface area contributed by atoms with Crippen LogP contribution in [0.4, 0.5) is 0 Å². The van der Waals surface area contributed by atoms with Crippen LogP contribution in [0.25, 0.3) is 0 Å². The molecule has 3 rings (SSSR count). The Morgan fingerprint density at radius 1 is 1.08 bits per heavy atom. The van der Waals surface area contributed by atoms with E-state index in [1.807, 2.05) is 0 Å². The van der Waals surface area contributed by atoms with Crippen LogP contribution < -0.4 is 0 Å². The Balaban J connectivity index is 1.38. The van der Waals surface area contributed by atoms with Crippen molar-refractivity contribution in [1.82, 2.24) is 4.90 Å². The molecule has 2 fully saturated rings. The van der Waals surface area contributed by atoms with E-state index in [-0.39, 0.29) is 0 Å². The Bertz CT molecular complexity index is 520. The van der Waals surface area contributed by atoms with Crippen LogP contribution in [0.15, 0.2) is 30.3 Å². The van der Waals surface area contributed by atoms with Gasteiger partial charge < -0.3 is 9.47 Å². The molecule has 1 unspecified atom stereocenters. The van der Waals surface area contributed by atoms with Crippen molar-refractivity contribution in [3.8, 4) is 0 Å². The molecule has 1 aliphatic carbocycles. The zero-order valence-corrected chi connectivity index (χ0v) is 16.4. The smallest absolute Gasteiger partial charge is 0.0716 e. The van der Waals surface area contributed by atoms with Gasteiger partial charge in [-0.3, -0.25) is 4.90 Å². The monoisotopic (exact) mass is 345 g/mol. The number of ether oxygens (including phenoxy) is 2. The molecular weight excluding hydrogens is 310 g/mol. The highest BCUT2D eigenvalue weighted by Crippen LogP contribution is 2.53. The van der Waals surface area contributed by atoms with Gasteiger partial charge in [-0.15, -0.1) is 0 Å². The maximum atomic E-state index is 5.91. The number of nitrogens with zero attached hydrogens (tertiary/aromatic N) is 1. The first-order valence-corrected chi connectivity index (χ1v) is 9.94. The van der Waals surface area contributed by atoms with Crippen LogP contribution in [0.5, 0.6) is 0 Å². The van der Waals surface area contributed by atoms with Gasteiger partial charge in [0.05, 0.1) is 18.8 Å². The van der Waals surface area contributed by atoms with Crippen molar-refractivity contribution >= 4 is 0 Å². The lowest BCUT2D eigenvalue weighted by molar-refractivity contribution is -0.102. The summed E-state index contributed by atoms with van der Waals surface area (Å²) < 4.78 is 11.8. The Labute approximate surface area is 153 Å². The highest BCUT2D eigenvalue weighted by Gasteiger charge is 2.48. The molecule has 1 aromatic rings. The van der Waals surface area contributed by atoms with Crippen molar-refractivity contribution < 1.29 is 9.47 Å². The molecule has 0 amide bonds. The lowest BCUT2D eigenvalue weighted by Crippen LogP contribution is -2.54. The summed E-state index contributed by atoms with van der Waals surface area (Å²) in [6, 6.07) is 10.5. The third-order valence-corrected chi connectivity index (χ3v) is 6.37. The Kier molecular flexibility index (Phi) is 6.19. The average molecular weight is 346 g/mol. The van der Waals surface area contributed by atoms with Gasteiger partial charge in [0.1, 0.15) is 0 Å². The van der Waals surface area contributed by atoms with Gasteiger partial charge in [-0.25, -0.2) is 0 Å². The van der Waals surface area contributed by atoms with E-state index >= 15 is 0 Å². The van der Waals surface area contributed by atoms with E-state index < -0.39 is 0 Å². The van der Waals surface area contributed by atoms with Crippen molar-refractivity contribution in [2.45, 2.75) is 59.4 Å².